The third-order valence-corrected chi connectivity index (χ3v) is 1.87. The molecule has 0 aliphatic heterocycles. The highest BCUT2D eigenvalue weighted by atomic mass is 19.4. The minimum absolute atomic E-state index is 0.146. The highest BCUT2D eigenvalue weighted by molar-refractivity contribution is 5.40. The third-order valence-electron chi connectivity index (χ3n) is 1.87. The van der Waals surface area contributed by atoms with Crippen molar-refractivity contribution in [2.45, 2.75) is 6.36 Å². The molecule has 0 aliphatic carbocycles. The van der Waals surface area contributed by atoms with Crippen molar-refractivity contribution in [2.75, 3.05) is 19.8 Å². The Balaban J connectivity index is 2.57. The summed E-state index contributed by atoms with van der Waals surface area (Å²) in [4.78, 5) is 0. The summed E-state index contributed by atoms with van der Waals surface area (Å²) in [6.45, 7) is -1.00. The molecular formula is C12H11F4NO2. The van der Waals surface area contributed by atoms with E-state index in [2.05, 4.69) is 16.6 Å². The van der Waals surface area contributed by atoms with Gasteiger partial charge in [0.05, 0.1) is 13.2 Å². The summed E-state index contributed by atoms with van der Waals surface area (Å²) < 4.78 is 56.7. The van der Waals surface area contributed by atoms with Crippen molar-refractivity contribution in [3.05, 3.63) is 29.6 Å². The van der Waals surface area contributed by atoms with Gasteiger partial charge in [0, 0.05) is 5.56 Å². The second-order valence-corrected chi connectivity index (χ2v) is 3.29. The van der Waals surface area contributed by atoms with Gasteiger partial charge in [0.2, 0.25) is 0 Å². The number of nitrogens with two attached hydrogens (primary N) is 1. The van der Waals surface area contributed by atoms with E-state index in [1.165, 1.54) is 12.1 Å². The minimum atomic E-state index is -4.73. The Kier molecular flexibility index (Phi) is 5.60. The molecule has 0 fully saturated rings. The van der Waals surface area contributed by atoms with E-state index < -0.39 is 25.4 Å². The fourth-order valence-electron chi connectivity index (χ4n) is 1.15. The van der Waals surface area contributed by atoms with Crippen molar-refractivity contribution >= 4 is 0 Å². The topological polar surface area (TPSA) is 44.5 Å². The molecule has 0 spiro atoms. The Morgan fingerprint density at radius 1 is 1.21 bits per heavy atom. The molecule has 0 heterocycles. The van der Waals surface area contributed by atoms with Crippen LogP contribution in [0.5, 0.6) is 5.75 Å². The number of benzene rings is 1. The molecule has 7 heteroatoms. The van der Waals surface area contributed by atoms with Crippen LogP contribution in [0.15, 0.2) is 18.2 Å². The molecule has 0 aromatic heterocycles. The highest BCUT2D eigenvalue weighted by Crippen LogP contribution is 2.19. The first-order chi connectivity index (χ1) is 8.92. The van der Waals surface area contributed by atoms with E-state index in [9.17, 15) is 17.6 Å². The highest BCUT2D eigenvalue weighted by Gasteiger charge is 2.28. The minimum Gasteiger partial charge on any atom is -0.488 e. The van der Waals surface area contributed by atoms with Gasteiger partial charge in [-0.3, -0.25) is 4.74 Å². The molecule has 1 rings (SSSR count). The van der Waals surface area contributed by atoms with Crippen molar-refractivity contribution in [1.82, 2.24) is 0 Å². The standard InChI is InChI=1S/C12H11F4NO2/c13-10-4-3-9(2-1-5-17)8-11(10)18-6-7-19-12(14,15)16/h3-4,8H,5-7,17H2. The normalized spacial score (nSPS) is 10.8. The first kappa shape index (κ1) is 15.3. The zero-order chi connectivity index (χ0) is 14.3. The van der Waals surface area contributed by atoms with Gasteiger partial charge in [-0.15, -0.1) is 13.2 Å². The molecule has 104 valence electrons. The number of hydrogen-bond acceptors (Lipinski definition) is 3. The smallest absolute Gasteiger partial charge is 0.488 e. The second-order valence-electron chi connectivity index (χ2n) is 3.29. The van der Waals surface area contributed by atoms with Gasteiger partial charge < -0.3 is 10.5 Å². The first-order valence-corrected chi connectivity index (χ1v) is 5.24. The van der Waals surface area contributed by atoms with Gasteiger partial charge in [-0.25, -0.2) is 4.39 Å². The van der Waals surface area contributed by atoms with Crippen molar-refractivity contribution in [1.29, 1.82) is 0 Å². The number of alkyl halides is 3. The molecule has 0 amide bonds. The molecule has 1 aromatic carbocycles. The number of rotatable bonds is 4. The van der Waals surface area contributed by atoms with Crippen molar-refractivity contribution in [3.8, 4) is 17.6 Å². The summed E-state index contributed by atoms with van der Waals surface area (Å²) in [5, 5.41) is 0. The van der Waals surface area contributed by atoms with E-state index in [0.717, 1.165) is 6.07 Å². The Bertz CT molecular complexity index is 477. The maximum absolute atomic E-state index is 13.3. The molecule has 0 saturated heterocycles. The van der Waals surface area contributed by atoms with Crippen LogP contribution >= 0.6 is 0 Å². The zero-order valence-corrected chi connectivity index (χ0v) is 9.76. The van der Waals surface area contributed by atoms with Crippen LogP contribution < -0.4 is 10.5 Å². The van der Waals surface area contributed by atoms with E-state index >= 15 is 0 Å². The summed E-state index contributed by atoms with van der Waals surface area (Å²) >= 11 is 0. The van der Waals surface area contributed by atoms with E-state index in [1.807, 2.05) is 0 Å². The lowest BCUT2D eigenvalue weighted by atomic mass is 10.2. The largest absolute Gasteiger partial charge is 0.522 e. The lowest BCUT2D eigenvalue weighted by molar-refractivity contribution is -0.325. The van der Waals surface area contributed by atoms with Crippen LogP contribution in [-0.4, -0.2) is 26.1 Å². The second kappa shape index (κ2) is 6.97. The van der Waals surface area contributed by atoms with Gasteiger partial charge in [-0.1, -0.05) is 11.8 Å². The molecule has 0 saturated carbocycles. The summed E-state index contributed by atoms with van der Waals surface area (Å²) in [5.74, 6) is 4.34. The van der Waals surface area contributed by atoms with Crippen molar-refractivity contribution in [3.63, 3.8) is 0 Å². The average Bonchev–Trinajstić information content (AvgIpc) is 2.33. The zero-order valence-electron chi connectivity index (χ0n) is 9.76. The molecule has 0 bridgehead atoms. The van der Waals surface area contributed by atoms with Gasteiger partial charge in [0.15, 0.2) is 11.6 Å². The summed E-state index contributed by atoms with van der Waals surface area (Å²) in [7, 11) is 0. The fourth-order valence-corrected chi connectivity index (χ4v) is 1.15. The monoisotopic (exact) mass is 277 g/mol. The number of ether oxygens (including phenoxy) is 2. The lowest BCUT2D eigenvalue weighted by Gasteiger charge is -2.09. The summed E-state index contributed by atoms with van der Waals surface area (Å²) in [6, 6.07) is 3.81. The van der Waals surface area contributed by atoms with Gasteiger partial charge in [0.25, 0.3) is 0 Å². The van der Waals surface area contributed by atoms with E-state index in [-0.39, 0.29) is 12.3 Å². The Hall–Kier alpha value is -1.78. The van der Waals surface area contributed by atoms with Crippen LogP contribution in [0.3, 0.4) is 0 Å². The molecule has 19 heavy (non-hydrogen) atoms. The Morgan fingerprint density at radius 3 is 2.58 bits per heavy atom. The molecular weight excluding hydrogens is 266 g/mol. The maximum atomic E-state index is 13.3. The Morgan fingerprint density at radius 2 is 1.95 bits per heavy atom. The third kappa shape index (κ3) is 6.08. The molecule has 0 unspecified atom stereocenters. The van der Waals surface area contributed by atoms with E-state index in [1.54, 1.807) is 0 Å². The van der Waals surface area contributed by atoms with Gasteiger partial charge in [0.1, 0.15) is 6.61 Å². The van der Waals surface area contributed by atoms with Gasteiger partial charge in [-0.05, 0) is 18.2 Å². The van der Waals surface area contributed by atoms with Crippen LogP contribution in [0.2, 0.25) is 0 Å². The van der Waals surface area contributed by atoms with Gasteiger partial charge in [-0.2, -0.15) is 0 Å². The molecule has 0 atom stereocenters. The molecule has 1 aromatic rings. The van der Waals surface area contributed by atoms with Crippen LogP contribution in [0.1, 0.15) is 5.56 Å². The average molecular weight is 277 g/mol. The SMILES string of the molecule is NCC#Cc1ccc(F)c(OCCOC(F)(F)F)c1. The lowest BCUT2D eigenvalue weighted by Crippen LogP contribution is -2.18. The molecule has 2 N–H and O–H groups in total. The van der Waals surface area contributed by atoms with Crippen LogP contribution in [0.25, 0.3) is 0 Å². The molecule has 3 nitrogen and oxygen atoms in total. The first-order valence-electron chi connectivity index (χ1n) is 5.24. The molecule has 0 radical (unpaired) electrons. The van der Waals surface area contributed by atoms with Crippen LogP contribution in [0, 0.1) is 17.7 Å². The maximum Gasteiger partial charge on any atom is 0.522 e. The predicted molar refractivity (Wildman–Crippen MR) is 59.8 cm³/mol. The van der Waals surface area contributed by atoms with Crippen molar-refractivity contribution in [2.24, 2.45) is 5.73 Å². The van der Waals surface area contributed by atoms with Crippen LogP contribution in [-0.2, 0) is 4.74 Å². The predicted octanol–water partition coefficient (Wildman–Crippen LogP) is 2.05. The summed E-state index contributed by atoms with van der Waals surface area (Å²) in [6.07, 6.45) is -4.73. The fraction of sp³-hybridized carbons (Fsp3) is 0.333. The van der Waals surface area contributed by atoms with Gasteiger partial charge >= 0.3 is 6.36 Å². The summed E-state index contributed by atoms with van der Waals surface area (Å²) in [5.41, 5.74) is 5.64. The van der Waals surface area contributed by atoms with Crippen LogP contribution in [0.4, 0.5) is 17.6 Å². The Labute approximate surface area is 107 Å². The molecule has 0 aliphatic rings. The number of hydrogen-bond donors (Lipinski definition) is 1. The van der Waals surface area contributed by atoms with Crippen molar-refractivity contribution < 1.29 is 27.0 Å². The van der Waals surface area contributed by atoms with E-state index in [4.69, 9.17) is 10.5 Å². The quantitative estimate of drug-likeness (QED) is 0.520. The van der Waals surface area contributed by atoms with E-state index in [0.29, 0.717) is 5.56 Å². The number of halogens is 4.